The minimum absolute atomic E-state index is 0.319. The van der Waals surface area contributed by atoms with E-state index in [0.717, 1.165) is 28.5 Å². The van der Waals surface area contributed by atoms with Gasteiger partial charge in [0.2, 0.25) is 0 Å². The maximum absolute atomic E-state index is 12.8. The quantitative estimate of drug-likeness (QED) is 0.348. The Labute approximate surface area is 191 Å². The Morgan fingerprint density at radius 1 is 1.19 bits per heavy atom. The average molecular weight is 458 g/mol. The van der Waals surface area contributed by atoms with Gasteiger partial charge in [0.1, 0.15) is 17.0 Å². The molecule has 0 bridgehead atoms. The van der Waals surface area contributed by atoms with Gasteiger partial charge in [0, 0.05) is 0 Å². The van der Waals surface area contributed by atoms with Crippen molar-refractivity contribution in [3.63, 3.8) is 0 Å². The van der Waals surface area contributed by atoms with Gasteiger partial charge in [-0.1, -0.05) is 54.3 Å². The van der Waals surface area contributed by atoms with E-state index in [0.29, 0.717) is 27.3 Å². The highest BCUT2D eigenvalue weighted by Crippen LogP contribution is 2.36. The number of hydrogen-bond acceptors (Lipinski definition) is 7. The topological polar surface area (TPSA) is 65.1 Å². The van der Waals surface area contributed by atoms with Gasteiger partial charge in [-0.3, -0.25) is 9.69 Å². The zero-order valence-electron chi connectivity index (χ0n) is 17.7. The number of nitrogens with zero attached hydrogens (tertiary/aromatic N) is 1. The van der Waals surface area contributed by atoms with Crippen molar-refractivity contribution < 1.29 is 23.8 Å². The van der Waals surface area contributed by atoms with E-state index in [9.17, 15) is 9.59 Å². The minimum Gasteiger partial charge on any atom is -0.493 e. The molecule has 1 amide bonds. The third kappa shape index (κ3) is 5.08. The summed E-state index contributed by atoms with van der Waals surface area (Å²) in [5, 5.41) is 0. The van der Waals surface area contributed by atoms with Gasteiger partial charge < -0.3 is 14.2 Å². The normalized spacial score (nSPS) is 15.9. The molecule has 1 aliphatic heterocycles. The van der Waals surface area contributed by atoms with Crippen LogP contribution in [-0.2, 0) is 20.9 Å². The number of thioether (sulfide) groups is 1. The van der Waals surface area contributed by atoms with Gasteiger partial charge in [-0.25, -0.2) is 4.79 Å². The predicted octanol–water partition coefficient (Wildman–Crippen LogP) is 4.35. The van der Waals surface area contributed by atoms with Gasteiger partial charge in [0.05, 0.1) is 19.1 Å². The van der Waals surface area contributed by atoms with Gasteiger partial charge in [-0.15, -0.1) is 0 Å². The predicted molar refractivity (Wildman–Crippen MR) is 125 cm³/mol. The minimum atomic E-state index is -0.782. The lowest BCUT2D eigenvalue weighted by atomic mass is 10.1. The fourth-order valence-corrected chi connectivity index (χ4v) is 4.48. The highest BCUT2D eigenvalue weighted by Gasteiger charge is 2.38. The maximum Gasteiger partial charge on any atom is 0.328 e. The Morgan fingerprint density at radius 3 is 2.61 bits per heavy atom. The molecule has 1 saturated heterocycles. The zero-order valence-corrected chi connectivity index (χ0v) is 19.3. The van der Waals surface area contributed by atoms with Gasteiger partial charge in [-0.05, 0) is 48.7 Å². The number of rotatable bonds is 7. The molecule has 8 heteroatoms. The first kappa shape index (κ1) is 22.8. The number of carbonyl (C=O) groups excluding carboxylic acids is 2. The van der Waals surface area contributed by atoms with Crippen LogP contribution in [0.1, 0.15) is 23.6 Å². The summed E-state index contributed by atoms with van der Waals surface area (Å²) >= 11 is 6.44. The largest absolute Gasteiger partial charge is 0.493 e. The maximum atomic E-state index is 12.8. The van der Waals surface area contributed by atoms with E-state index in [1.165, 1.54) is 12.0 Å². The van der Waals surface area contributed by atoms with Gasteiger partial charge >= 0.3 is 5.97 Å². The smallest absolute Gasteiger partial charge is 0.328 e. The Bertz CT molecular complexity index is 1050. The monoisotopic (exact) mass is 457 g/mol. The van der Waals surface area contributed by atoms with Crippen molar-refractivity contribution in [3.8, 4) is 11.5 Å². The third-order valence-corrected chi connectivity index (χ3v) is 6.21. The Kier molecular flexibility index (Phi) is 7.35. The van der Waals surface area contributed by atoms with Gasteiger partial charge in [-0.2, -0.15) is 0 Å². The van der Waals surface area contributed by atoms with Crippen molar-refractivity contribution in [3.05, 3.63) is 64.1 Å². The average Bonchev–Trinajstić information content (AvgIpc) is 3.05. The first-order chi connectivity index (χ1) is 14.8. The Morgan fingerprint density at radius 2 is 1.94 bits per heavy atom. The standard InChI is InChI=1S/C23H23NO5S2/c1-14-7-5-6-8-17(14)13-29-18-10-9-16(11-19(18)27-3)12-20-21(25)24(23(30)31-20)15(2)22(26)28-4/h5-12,15H,13H2,1-4H3/b20-12-/t15-/m0/s1. The van der Waals surface area contributed by atoms with Crippen LogP contribution in [0.2, 0.25) is 0 Å². The number of aryl methyl sites for hydroxylation is 1. The molecule has 1 aliphatic rings. The van der Waals surface area contributed by atoms with Crippen LogP contribution in [0.3, 0.4) is 0 Å². The molecule has 6 nitrogen and oxygen atoms in total. The number of carbonyl (C=O) groups is 2. The van der Waals surface area contributed by atoms with Crippen molar-refractivity contribution >= 4 is 46.3 Å². The fraction of sp³-hybridized carbons (Fsp3) is 0.261. The lowest BCUT2D eigenvalue weighted by molar-refractivity contribution is -0.147. The van der Waals surface area contributed by atoms with Gasteiger partial charge in [0.15, 0.2) is 11.5 Å². The number of benzene rings is 2. The van der Waals surface area contributed by atoms with Crippen molar-refractivity contribution in [1.82, 2.24) is 4.90 Å². The molecular weight excluding hydrogens is 434 g/mol. The van der Waals surface area contributed by atoms with Crippen LogP contribution in [0, 0.1) is 6.92 Å². The Balaban J connectivity index is 1.78. The van der Waals surface area contributed by atoms with Crippen LogP contribution >= 0.6 is 24.0 Å². The molecule has 1 fully saturated rings. The van der Waals surface area contributed by atoms with E-state index >= 15 is 0 Å². The summed E-state index contributed by atoms with van der Waals surface area (Å²) in [6.45, 7) is 4.05. The highest BCUT2D eigenvalue weighted by atomic mass is 32.2. The van der Waals surface area contributed by atoms with Crippen LogP contribution in [-0.4, -0.2) is 41.4 Å². The van der Waals surface area contributed by atoms with Crippen LogP contribution in [0.4, 0.5) is 0 Å². The molecule has 0 N–H and O–H groups in total. The molecule has 0 saturated carbocycles. The van der Waals surface area contributed by atoms with Crippen molar-refractivity contribution in [1.29, 1.82) is 0 Å². The van der Waals surface area contributed by atoms with Crippen molar-refractivity contribution in [2.75, 3.05) is 14.2 Å². The second kappa shape index (κ2) is 9.98. The summed E-state index contributed by atoms with van der Waals surface area (Å²) in [6.07, 6.45) is 1.72. The first-order valence-electron chi connectivity index (χ1n) is 9.56. The van der Waals surface area contributed by atoms with E-state index in [2.05, 4.69) is 0 Å². The lowest BCUT2D eigenvalue weighted by Gasteiger charge is -2.20. The molecule has 2 aromatic rings. The second-order valence-corrected chi connectivity index (χ2v) is 8.55. The molecule has 1 heterocycles. The van der Waals surface area contributed by atoms with E-state index in [1.807, 2.05) is 37.3 Å². The summed E-state index contributed by atoms with van der Waals surface area (Å²) in [6, 6.07) is 12.7. The molecule has 31 heavy (non-hydrogen) atoms. The first-order valence-corrected chi connectivity index (χ1v) is 10.8. The molecule has 3 rings (SSSR count). The van der Waals surface area contributed by atoms with Crippen molar-refractivity contribution in [2.24, 2.45) is 0 Å². The van der Waals surface area contributed by atoms with Crippen LogP contribution in [0.5, 0.6) is 11.5 Å². The van der Waals surface area contributed by atoms with Crippen LogP contribution in [0.25, 0.3) is 6.08 Å². The zero-order chi connectivity index (χ0) is 22.5. The summed E-state index contributed by atoms with van der Waals surface area (Å²) in [5.41, 5.74) is 3.00. The molecule has 1 atom stereocenters. The fourth-order valence-electron chi connectivity index (χ4n) is 3.06. The van der Waals surface area contributed by atoms with E-state index in [4.69, 9.17) is 26.4 Å². The van der Waals surface area contributed by atoms with Gasteiger partial charge in [0.25, 0.3) is 5.91 Å². The molecule has 0 unspecified atom stereocenters. The second-order valence-electron chi connectivity index (χ2n) is 6.88. The number of thiocarbonyl (C=S) groups is 1. The molecule has 0 radical (unpaired) electrons. The van der Waals surface area contributed by atoms with E-state index in [-0.39, 0.29) is 5.91 Å². The van der Waals surface area contributed by atoms with Crippen LogP contribution in [0.15, 0.2) is 47.4 Å². The summed E-state index contributed by atoms with van der Waals surface area (Å²) in [4.78, 5) is 26.3. The summed E-state index contributed by atoms with van der Waals surface area (Å²) in [5.74, 6) is 0.316. The number of esters is 1. The molecule has 2 aromatic carbocycles. The van der Waals surface area contributed by atoms with E-state index < -0.39 is 12.0 Å². The summed E-state index contributed by atoms with van der Waals surface area (Å²) < 4.78 is 16.5. The summed E-state index contributed by atoms with van der Waals surface area (Å²) in [7, 11) is 2.85. The SMILES string of the molecule is COC(=O)[C@H](C)N1C(=O)/C(=C/c2ccc(OCc3ccccc3C)c(OC)c2)SC1=S. The highest BCUT2D eigenvalue weighted by molar-refractivity contribution is 8.26. The Hall–Kier alpha value is -2.84. The van der Waals surface area contributed by atoms with E-state index in [1.54, 1.807) is 32.2 Å². The van der Waals surface area contributed by atoms with Crippen molar-refractivity contribution in [2.45, 2.75) is 26.5 Å². The number of amides is 1. The molecule has 0 spiro atoms. The molecular formula is C23H23NO5S2. The number of ether oxygens (including phenoxy) is 3. The molecule has 0 aromatic heterocycles. The molecule has 0 aliphatic carbocycles. The van der Waals surface area contributed by atoms with Crippen LogP contribution < -0.4 is 9.47 Å². The lowest BCUT2D eigenvalue weighted by Crippen LogP contribution is -2.42. The third-order valence-electron chi connectivity index (χ3n) is 4.88. The number of hydrogen-bond donors (Lipinski definition) is 0. The molecule has 162 valence electrons. The number of methoxy groups -OCH3 is 2.